The van der Waals surface area contributed by atoms with Crippen molar-refractivity contribution >= 4 is 34.5 Å². The molecular formula is C29H35N7O3S. The number of hydrogen-bond donors (Lipinski definition) is 2. The Morgan fingerprint density at radius 3 is 2.70 bits per heavy atom. The monoisotopic (exact) mass is 561 g/mol. The smallest absolute Gasteiger partial charge is 0.275 e. The summed E-state index contributed by atoms with van der Waals surface area (Å²) < 4.78 is 13.4. The average molecular weight is 562 g/mol. The molecular weight excluding hydrogens is 526 g/mol. The number of aryl methyl sites for hydroxylation is 2. The number of amides is 2. The summed E-state index contributed by atoms with van der Waals surface area (Å²) in [5.41, 5.74) is 4.56. The van der Waals surface area contributed by atoms with Gasteiger partial charge >= 0.3 is 0 Å². The van der Waals surface area contributed by atoms with Crippen LogP contribution in [-0.2, 0) is 35.4 Å². The fourth-order valence-electron chi connectivity index (χ4n) is 5.72. The van der Waals surface area contributed by atoms with Crippen LogP contribution in [0.1, 0.15) is 71.1 Å². The number of hydrogen-bond acceptors (Lipinski definition) is 7. The molecule has 11 heteroatoms. The van der Waals surface area contributed by atoms with Gasteiger partial charge in [-0.25, -0.2) is 14.6 Å². The Balaban J connectivity index is 1.21. The molecule has 0 spiro atoms. The van der Waals surface area contributed by atoms with Gasteiger partial charge in [0, 0.05) is 44.1 Å². The zero-order valence-electron chi connectivity index (χ0n) is 22.9. The lowest BCUT2D eigenvalue weighted by atomic mass is 9.90. The molecule has 2 fully saturated rings. The molecule has 1 saturated carbocycles. The van der Waals surface area contributed by atoms with E-state index in [4.69, 9.17) is 5.10 Å². The molecule has 40 heavy (non-hydrogen) atoms. The van der Waals surface area contributed by atoms with Crippen molar-refractivity contribution in [1.29, 1.82) is 0 Å². The molecule has 1 aromatic carbocycles. The number of aromatic nitrogens is 4. The van der Waals surface area contributed by atoms with Crippen LogP contribution in [0.4, 0.5) is 11.5 Å². The van der Waals surface area contributed by atoms with Crippen LogP contribution in [0.5, 0.6) is 0 Å². The third-order valence-electron chi connectivity index (χ3n) is 8.07. The largest absolute Gasteiger partial charge is 0.616 e. The maximum atomic E-state index is 13.5. The molecule has 0 bridgehead atoms. The number of fused-ring (bicyclic) bond motifs is 1. The fourth-order valence-corrected chi connectivity index (χ4v) is 6.16. The molecule has 6 rings (SSSR count). The summed E-state index contributed by atoms with van der Waals surface area (Å²) in [6.07, 6.45) is 9.85. The average Bonchev–Trinajstić information content (AvgIpc) is 3.67. The maximum Gasteiger partial charge on any atom is 0.275 e. The second-order valence-corrected chi connectivity index (χ2v) is 12.5. The first-order valence-corrected chi connectivity index (χ1v) is 15.8. The van der Waals surface area contributed by atoms with E-state index in [2.05, 4.69) is 50.6 Å². The molecule has 2 unspecified atom stereocenters. The Hall–Kier alpha value is -3.44. The van der Waals surface area contributed by atoms with Crippen LogP contribution in [-0.4, -0.2) is 61.2 Å². The summed E-state index contributed by atoms with van der Waals surface area (Å²) >= 11 is -1.28. The minimum absolute atomic E-state index is 0.116. The normalized spacial score (nSPS) is 19.5. The highest BCUT2D eigenvalue weighted by Gasteiger charge is 2.35. The van der Waals surface area contributed by atoms with Crippen molar-refractivity contribution in [1.82, 2.24) is 25.1 Å². The fraction of sp³-hybridized carbons (Fsp3) is 0.483. The first-order chi connectivity index (χ1) is 19.4. The molecule has 2 amide bonds. The van der Waals surface area contributed by atoms with Crippen molar-refractivity contribution in [3.8, 4) is 0 Å². The molecule has 1 aliphatic carbocycles. The molecule has 2 aromatic heterocycles. The molecule has 0 radical (unpaired) electrons. The molecule has 1 saturated heterocycles. The number of rotatable bonds is 10. The van der Waals surface area contributed by atoms with Crippen LogP contribution in [0.2, 0.25) is 0 Å². The Kier molecular flexibility index (Phi) is 7.50. The Bertz CT molecular complexity index is 1400. The summed E-state index contributed by atoms with van der Waals surface area (Å²) in [6, 6.07) is 8.11. The van der Waals surface area contributed by atoms with Gasteiger partial charge in [-0.15, -0.1) is 0 Å². The van der Waals surface area contributed by atoms with E-state index in [1.165, 1.54) is 30.3 Å². The molecule has 3 aromatic rings. The number of anilines is 2. The van der Waals surface area contributed by atoms with Gasteiger partial charge in [0.25, 0.3) is 11.8 Å². The lowest BCUT2D eigenvalue weighted by molar-refractivity contribution is -0.113. The maximum absolute atomic E-state index is 13.5. The standard InChI is InChI=1S/C29H35N7O3S/c1-3-19-13-21(35-15-20(16-35)27-30-10-4-11-31-27)7-8-22(19)23-14-24-26(29(38)32-23)28(33-25(37)17-40(2)39)36(34-24)12-9-18-5-6-18/h4,7-8,10-11,13,18,20,23H,3,5-6,9,12,14-17H2,1-2H3,(H,32,38)(H,33,37). The van der Waals surface area contributed by atoms with Gasteiger partial charge in [-0.3, -0.25) is 9.59 Å². The number of nitrogens with one attached hydrogen (secondary N) is 2. The predicted molar refractivity (Wildman–Crippen MR) is 154 cm³/mol. The molecule has 10 nitrogen and oxygen atoms in total. The van der Waals surface area contributed by atoms with Gasteiger partial charge in [-0.1, -0.05) is 25.8 Å². The molecule has 2 atom stereocenters. The van der Waals surface area contributed by atoms with E-state index in [-0.39, 0.29) is 23.6 Å². The summed E-state index contributed by atoms with van der Waals surface area (Å²) in [4.78, 5) is 37.1. The van der Waals surface area contributed by atoms with Crippen LogP contribution in [0, 0.1) is 5.92 Å². The third-order valence-corrected chi connectivity index (χ3v) is 8.74. The van der Waals surface area contributed by atoms with Crippen LogP contribution >= 0.6 is 0 Å². The van der Waals surface area contributed by atoms with Gasteiger partial charge in [0.1, 0.15) is 17.2 Å². The lowest BCUT2D eigenvalue weighted by Crippen LogP contribution is -2.45. The van der Waals surface area contributed by atoms with Gasteiger partial charge in [0.05, 0.1) is 23.9 Å². The Labute approximate surface area is 237 Å². The number of carbonyl (C=O) groups is 2. The first-order valence-electron chi connectivity index (χ1n) is 14.0. The summed E-state index contributed by atoms with van der Waals surface area (Å²) in [5.74, 6) is 1.60. The van der Waals surface area contributed by atoms with Crippen LogP contribution in [0.25, 0.3) is 0 Å². The molecule has 2 N–H and O–H groups in total. The predicted octanol–water partition coefficient (Wildman–Crippen LogP) is 2.98. The number of carbonyl (C=O) groups excluding carboxylic acids is 2. The van der Waals surface area contributed by atoms with Crippen molar-refractivity contribution < 1.29 is 14.1 Å². The van der Waals surface area contributed by atoms with E-state index >= 15 is 0 Å². The van der Waals surface area contributed by atoms with Crippen LogP contribution < -0.4 is 15.5 Å². The lowest BCUT2D eigenvalue weighted by Gasteiger charge is -2.40. The van der Waals surface area contributed by atoms with E-state index in [1.807, 2.05) is 6.07 Å². The summed E-state index contributed by atoms with van der Waals surface area (Å²) in [6.45, 7) is 4.54. The van der Waals surface area contributed by atoms with Crippen LogP contribution in [0.15, 0.2) is 36.7 Å². The molecule has 4 heterocycles. The van der Waals surface area contributed by atoms with E-state index in [9.17, 15) is 14.1 Å². The Morgan fingerprint density at radius 1 is 1.23 bits per heavy atom. The summed E-state index contributed by atoms with van der Waals surface area (Å²) in [7, 11) is 0. The van der Waals surface area contributed by atoms with E-state index in [0.29, 0.717) is 41.9 Å². The second kappa shape index (κ2) is 11.2. The van der Waals surface area contributed by atoms with Crippen molar-refractivity contribution in [2.45, 2.75) is 57.5 Å². The quantitative estimate of drug-likeness (QED) is 0.364. The van der Waals surface area contributed by atoms with Crippen molar-refractivity contribution in [3.05, 3.63) is 64.9 Å². The van der Waals surface area contributed by atoms with E-state index in [0.717, 1.165) is 37.3 Å². The molecule has 3 aliphatic rings. The number of nitrogens with zero attached hydrogens (tertiary/aromatic N) is 5. The van der Waals surface area contributed by atoms with Gasteiger partial charge in [-0.2, -0.15) is 5.10 Å². The van der Waals surface area contributed by atoms with E-state index in [1.54, 1.807) is 17.1 Å². The van der Waals surface area contributed by atoms with Gasteiger partial charge in [-0.05, 0) is 59.3 Å². The highest BCUT2D eigenvalue weighted by molar-refractivity contribution is 7.91. The highest BCUT2D eigenvalue weighted by atomic mass is 32.2. The van der Waals surface area contributed by atoms with Gasteiger partial charge in [0.15, 0.2) is 5.75 Å². The van der Waals surface area contributed by atoms with Crippen molar-refractivity contribution in [2.75, 3.05) is 35.3 Å². The van der Waals surface area contributed by atoms with Gasteiger partial charge in [0.2, 0.25) is 0 Å². The zero-order chi connectivity index (χ0) is 27.8. The van der Waals surface area contributed by atoms with Crippen LogP contribution in [0.3, 0.4) is 0 Å². The SMILES string of the molecule is CCc1cc(N2CC(c3ncccn3)C2)ccc1C1Cc2nn(CCC3CC3)c(NC(=O)C[S+](C)[O-])c2C(=O)N1. The van der Waals surface area contributed by atoms with E-state index < -0.39 is 11.2 Å². The third kappa shape index (κ3) is 5.57. The highest BCUT2D eigenvalue weighted by Crippen LogP contribution is 2.37. The van der Waals surface area contributed by atoms with Gasteiger partial charge < -0.3 is 20.1 Å². The Morgan fingerprint density at radius 2 is 2.00 bits per heavy atom. The molecule has 210 valence electrons. The number of benzene rings is 1. The second-order valence-electron chi connectivity index (χ2n) is 11.1. The minimum atomic E-state index is -1.28. The van der Waals surface area contributed by atoms with Crippen molar-refractivity contribution in [2.24, 2.45) is 5.92 Å². The summed E-state index contributed by atoms with van der Waals surface area (Å²) in [5, 5.41) is 10.8. The topological polar surface area (TPSA) is 128 Å². The van der Waals surface area contributed by atoms with Crippen molar-refractivity contribution in [3.63, 3.8) is 0 Å². The first kappa shape index (κ1) is 26.8. The zero-order valence-corrected chi connectivity index (χ0v) is 23.7. The minimum Gasteiger partial charge on any atom is -0.616 e. The molecule has 2 aliphatic heterocycles.